The van der Waals surface area contributed by atoms with Crippen LogP contribution < -0.4 is 10.1 Å². The lowest BCUT2D eigenvalue weighted by atomic mass is 10.2. The lowest BCUT2D eigenvalue weighted by Crippen LogP contribution is -2.23. The summed E-state index contributed by atoms with van der Waals surface area (Å²) >= 11 is 6.75. The Labute approximate surface area is 134 Å². The van der Waals surface area contributed by atoms with E-state index in [4.69, 9.17) is 4.74 Å². The summed E-state index contributed by atoms with van der Waals surface area (Å²) in [5.41, 5.74) is 1.54. The van der Waals surface area contributed by atoms with Crippen LogP contribution in [0.3, 0.4) is 0 Å². The monoisotopic (exact) mass is 397 g/mol. The van der Waals surface area contributed by atoms with Crippen molar-refractivity contribution in [1.29, 1.82) is 0 Å². The van der Waals surface area contributed by atoms with E-state index in [-0.39, 0.29) is 5.91 Å². The first kappa shape index (κ1) is 15.1. The molecule has 5 heteroatoms. The minimum atomic E-state index is -0.129. The summed E-state index contributed by atoms with van der Waals surface area (Å²) < 4.78 is 6.93. The minimum Gasteiger partial charge on any atom is -0.496 e. The van der Waals surface area contributed by atoms with Crippen LogP contribution in [-0.4, -0.2) is 13.0 Å². The molecule has 0 radical (unpaired) electrons. The highest BCUT2D eigenvalue weighted by Gasteiger charge is 2.11. The molecule has 0 aliphatic carbocycles. The summed E-state index contributed by atoms with van der Waals surface area (Å²) in [4.78, 5) is 12.2. The zero-order chi connectivity index (χ0) is 14.5. The molecule has 2 rings (SSSR count). The molecule has 0 aliphatic heterocycles. The SMILES string of the molecule is COc1ccccc1CNC(=O)c1ccc(Br)cc1Br. The Morgan fingerprint density at radius 1 is 1.20 bits per heavy atom. The molecule has 1 N–H and O–H groups in total. The van der Waals surface area contributed by atoms with E-state index in [1.165, 1.54) is 0 Å². The van der Waals surface area contributed by atoms with Crippen LogP contribution in [0.15, 0.2) is 51.4 Å². The number of halogens is 2. The summed E-state index contributed by atoms with van der Waals surface area (Å²) in [6.45, 7) is 0.422. The molecule has 0 fully saturated rings. The van der Waals surface area contributed by atoms with Gasteiger partial charge >= 0.3 is 0 Å². The number of benzene rings is 2. The van der Waals surface area contributed by atoms with E-state index < -0.39 is 0 Å². The number of para-hydroxylation sites is 1. The standard InChI is InChI=1S/C15H13Br2NO2/c1-20-14-5-3-2-4-10(14)9-18-15(19)12-7-6-11(16)8-13(12)17/h2-8H,9H2,1H3,(H,18,19). The number of methoxy groups -OCH3 is 1. The van der Waals surface area contributed by atoms with Crippen molar-refractivity contribution in [2.45, 2.75) is 6.54 Å². The van der Waals surface area contributed by atoms with Crippen molar-refractivity contribution >= 4 is 37.8 Å². The van der Waals surface area contributed by atoms with Gasteiger partial charge in [-0.05, 0) is 40.2 Å². The number of ether oxygens (including phenoxy) is 1. The van der Waals surface area contributed by atoms with Gasteiger partial charge in [0.1, 0.15) is 5.75 Å². The lowest BCUT2D eigenvalue weighted by Gasteiger charge is -2.10. The average molecular weight is 399 g/mol. The summed E-state index contributed by atoms with van der Waals surface area (Å²) in [5, 5.41) is 2.89. The van der Waals surface area contributed by atoms with Crippen molar-refractivity contribution in [2.24, 2.45) is 0 Å². The van der Waals surface area contributed by atoms with E-state index in [0.717, 1.165) is 20.3 Å². The maximum Gasteiger partial charge on any atom is 0.252 e. The smallest absolute Gasteiger partial charge is 0.252 e. The number of carbonyl (C=O) groups excluding carboxylic acids is 1. The fourth-order valence-corrected chi connectivity index (χ4v) is 3.02. The van der Waals surface area contributed by atoms with Gasteiger partial charge < -0.3 is 10.1 Å². The second kappa shape index (κ2) is 6.90. The molecule has 104 valence electrons. The Balaban J connectivity index is 2.09. The third kappa shape index (κ3) is 3.61. The first-order chi connectivity index (χ1) is 9.61. The predicted molar refractivity (Wildman–Crippen MR) is 86.0 cm³/mol. The number of rotatable bonds is 4. The predicted octanol–water partition coefficient (Wildman–Crippen LogP) is 4.15. The van der Waals surface area contributed by atoms with E-state index in [1.54, 1.807) is 13.2 Å². The Bertz CT molecular complexity index is 629. The van der Waals surface area contributed by atoms with Gasteiger partial charge in [0.25, 0.3) is 5.91 Å². The second-order valence-corrected chi connectivity index (χ2v) is 5.89. The van der Waals surface area contributed by atoms with Crippen LogP contribution in [0.1, 0.15) is 15.9 Å². The van der Waals surface area contributed by atoms with Gasteiger partial charge in [0, 0.05) is 21.1 Å². The highest BCUT2D eigenvalue weighted by molar-refractivity contribution is 9.11. The van der Waals surface area contributed by atoms with Crippen LogP contribution in [0.25, 0.3) is 0 Å². The first-order valence-corrected chi connectivity index (χ1v) is 7.55. The molecule has 1 amide bonds. The van der Waals surface area contributed by atoms with Gasteiger partial charge in [-0.25, -0.2) is 0 Å². The molecule has 3 nitrogen and oxygen atoms in total. The molecule has 0 bridgehead atoms. The molecule has 2 aromatic carbocycles. The quantitative estimate of drug-likeness (QED) is 0.839. The minimum absolute atomic E-state index is 0.129. The van der Waals surface area contributed by atoms with Crippen molar-refractivity contribution in [3.05, 3.63) is 62.5 Å². The zero-order valence-corrected chi connectivity index (χ0v) is 14.0. The maximum atomic E-state index is 12.2. The molecular weight excluding hydrogens is 386 g/mol. The zero-order valence-electron chi connectivity index (χ0n) is 10.8. The van der Waals surface area contributed by atoms with Crippen molar-refractivity contribution in [3.63, 3.8) is 0 Å². The summed E-state index contributed by atoms with van der Waals surface area (Å²) in [6, 6.07) is 13.1. The Morgan fingerprint density at radius 2 is 1.95 bits per heavy atom. The van der Waals surface area contributed by atoms with Crippen LogP contribution in [0.2, 0.25) is 0 Å². The normalized spacial score (nSPS) is 10.2. The number of amides is 1. The molecular formula is C15H13Br2NO2. The van der Waals surface area contributed by atoms with E-state index >= 15 is 0 Å². The van der Waals surface area contributed by atoms with Gasteiger partial charge in [0.05, 0.1) is 12.7 Å². The van der Waals surface area contributed by atoms with Crippen molar-refractivity contribution < 1.29 is 9.53 Å². The highest BCUT2D eigenvalue weighted by Crippen LogP contribution is 2.22. The van der Waals surface area contributed by atoms with Crippen LogP contribution in [-0.2, 0) is 6.54 Å². The van der Waals surface area contributed by atoms with Gasteiger partial charge in [-0.3, -0.25) is 4.79 Å². The fourth-order valence-electron chi connectivity index (χ4n) is 1.79. The second-order valence-electron chi connectivity index (χ2n) is 4.12. The largest absolute Gasteiger partial charge is 0.496 e. The van der Waals surface area contributed by atoms with Crippen LogP contribution in [0.5, 0.6) is 5.75 Å². The first-order valence-electron chi connectivity index (χ1n) is 5.97. The van der Waals surface area contributed by atoms with E-state index in [0.29, 0.717) is 12.1 Å². The maximum absolute atomic E-state index is 12.2. The number of nitrogens with one attached hydrogen (secondary N) is 1. The molecule has 0 saturated carbocycles. The van der Waals surface area contributed by atoms with Gasteiger partial charge in [-0.1, -0.05) is 34.1 Å². The Morgan fingerprint density at radius 3 is 2.65 bits per heavy atom. The average Bonchev–Trinajstić information content (AvgIpc) is 2.45. The third-order valence-corrected chi connectivity index (χ3v) is 3.96. The van der Waals surface area contributed by atoms with Gasteiger partial charge in [0.2, 0.25) is 0 Å². The molecule has 0 unspecified atom stereocenters. The van der Waals surface area contributed by atoms with E-state index in [1.807, 2.05) is 36.4 Å². The summed E-state index contributed by atoms with van der Waals surface area (Å²) in [5.74, 6) is 0.637. The number of carbonyl (C=O) groups is 1. The van der Waals surface area contributed by atoms with Crippen molar-refractivity contribution in [3.8, 4) is 5.75 Å². The molecule has 0 saturated heterocycles. The Kier molecular flexibility index (Phi) is 5.20. The number of hydrogen-bond acceptors (Lipinski definition) is 2. The molecule has 0 aromatic heterocycles. The van der Waals surface area contributed by atoms with E-state index in [2.05, 4.69) is 37.2 Å². The van der Waals surface area contributed by atoms with Crippen molar-refractivity contribution in [1.82, 2.24) is 5.32 Å². The molecule has 0 heterocycles. The van der Waals surface area contributed by atoms with Crippen molar-refractivity contribution in [2.75, 3.05) is 7.11 Å². The van der Waals surface area contributed by atoms with Crippen LogP contribution in [0.4, 0.5) is 0 Å². The Hall–Kier alpha value is -1.33. The summed E-state index contributed by atoms with van der Waals surface area (Å²) in [6.07, 6.45) is 0. The van der Waals surface area contributed by atoms with Gasteiger partial charge in [-0.2, -0.15) is 0 Å². The van der Waals surface area contributed by atoms with Crippen LogP contribution >= 0.6 is 31.9 Å². The molecule has 2 aromatic rings. The van der Waals surface area contributed by atoms with E-state index in [9.17, 15) is 4.79 Å². The number of hydrogen-bond donors (Lipinski definition) is 1. The topological polar surface area (TPSA) is 38.3 Å². The molecule has 0 aliphatic rings. The fraction of sp³-hybridized carbons (Fsp3) is 0.133. The van der Waals surface area contributed by atoms with Gasteiger partial charge in [0.15, 0.2) is 0 Å². The highest BCUT2D eigenvalue weighted by atomic mass is 79.9. The molecule has 0 atom stereocenters. The van der Waals surface area contributed by atoms with Crippen LogP contribution in [0, 0.1) is 0 Å². The third-order valence-electron chi connectivity index (χ3n) is 2.81. The van der Waals surface area contributed by atoms with Gasteiger partial charge in [-0.15, -0.1) is 0 Å². The lowest BCUT2D eigenvalue weighted by molar-refractivity contribution is 0.0950. The summed E-state index contributed by atoms with van der Waals surface area (Å²) in [7, 11) is 1.62. The molecule has 20 heavy (non-hydrogen) atoms. The molecule has 0 spiro atoms.